The highest BCUT2D eigenvalue weighted by molar-refractivity contribution is 4.75. The van der Waals surface area contributed by atoms with Crippen LogP contribution in [-0.4, -0.2) is 25.3 Å². The van der Waals surface area contributed by atoms with Crippen LogP contribution in [-0.2, 0) is 4.74 Å². The van der Waals surface area contributed by atoms with Gasteiger partial charge >= 0.3 is 0 Å². The van der Waals surface area contributed by atoms with E-state index in [0.717, 1.165) is 13.0 Å². The summed E-state index contributed by atoms with van der Waals surface area (Å²) in [6.45, 7) is 9.81. The minimum Gasteiger partial charge on any atom is -0.379 e. The van der Waals surface area contributed by atoms with Gasteiger partial charge in [0, 0.05) is 13.2 Å². The summed E-state index contributed by atoms with van der Waals surface area (Å²) in [6.07, 6.45) is 3.58. The zero-order chi connectivity index (χ0) is 10.3. The van der Waals surface area contributed by atoms with Crippen LogP contribution in [0.2, 0.25) is 0 Å². The van der Waals surface area contributed by atoms with Crippen LogP contribution in [0.5, 0.6) is 0 Å². The van der Waals surface area contributed by atoms with Crippen LogP contribution < -0.4 is 5.32 Å². The Morgan fingerprint density at radius 3 is 2.46 bits per heavy atom. The van der Waals surface area contributed by atoms with E-state index in [9.17, 15) is 0 Å². The lowest BCUT2D eigenvalue weighted by Crippen LogP contribution is -2.36. The van der Waals surface area contributed by atoms with Crippen LogP contribution >= 0.6 is 0 Å². The van der Waals surface area contributed by atoms with Crippen molar-refractivity contribution in [2.75, 3.05) is 13.7 Å². The molecule has 13 heavy (non-hydrogen) atoms. The highest BCUT2D eigenvalue weighted by Crippen LogP contribution is 2.15. The van der Waals surface area contributed by atoms with Crippen molar-refractivity contribution in [2.24, 2.45) is 0 Å². The molecule has 0 aliphatic heterocycles. The number of ether oxygens (including phenoxy) is 1. The number of hydrogen-bond donors (Lipinski definition) is 1. The molecule has 0 aliphatic carbocycles. The Bertz CT molecular complexity index is 123. The molecule has 0 aromatic carbocycles. The third-order valence-electron chi connectivity index (χ3n) is 2.37. The molecule has 0 saturated carbocycles. The van der Waals surface area contributed by atoms with Gasteiger partial charge in [-0.05, 0) is 40.2 Å². The first-order valence-electron chi connectivity index (χ1n) is 5.30. The van der Waals surface area contributed by atoms with Crippen molar-refractivity contribution in [3.05, 3.63) is 0 Å². The van der Waals surface area contributed by atoms with Crippen LogP contribution in [0, 0.1) is 0 Å². The lowest BCUT2D eigenvalue weighted by Gasteiger charge is -2.27. The highest BCUT2D eigenvalue weighted by atomic mass is 16.5. The van der Waals surface area contributed by atoms with Crippen molar-refractivity contribution >= 4 is 0 Å². The smallest absolute Gasteiger partial charge is 0.0637 e. The standard InChI is InChI=1S/C11H25NO/c1-6-7-8-12-10(2)9-11(3,4)13-5/h10,12H,6-9H2,1-5H3/t10-/m0/s1. The number of unbranched alkanes of at least 4 members (excludes halogenated alkanes) is 1. The van der Waals surface area contributed by atoms with Gasteiger partial charge in [-0.15, -0.1) is 0 Å². The van der Waals surface area contributed by atoms with Crippen molar-refractivity contribution in [2.45, 2.75) is 58.6 Å². The van der Waals surface area contributed by atoms with Crippen molar-refractivity contribution in [1.29, 1.82) is 0 Å². The third kappa shape index (κ3) is 7.03. The van der Waals surface area contributed by atoms with E-state index < -0.39 is 0 Å². The maximum Gasteiger partial charge on any atom is 0.0637 e. The van der Waals surface area contributed by atoms with Gasteiger partial charge in [0.25, 0.3) is 0 Å². The molecule has 0 fully saturated rings. The summed E-state index contributed by atoms with van der Waals surface area (Å²) in [6, 6.07) is 0.543. The molecule has 0 heterocycles. The first kappa shape index (κ1) is 12.9. The Balaban J connectivity index is 3.55. The molecule has 80 valence electrons. The number of nitrogens with one attached hydrogen (secondary N) is 1. The summed E-state index contributed by atoms with van der Waals surface area (Å²) in [5.41, 5.74) is -0.00136. The summed E-state index contributed by atoms with van der Waals surface area (Å²) in [7, 11) is 1.78. The second-order valence-corrected chi connectivity index (χ2v) is 4.38. The van der Waals surface area contributed by atoms with E-state index in [1.165, 1.54) is 12.8 Å². The van der Waals surface area contributed by atoms with Crippen LogP contribution in [0.25, 0.3) is 0 Å². The van der Waals surface area contributed by atoms with E-state index in [0.29, 0.717) is 6.04 Å². The molecule has 2 nitrogen and oxygen atoms in total. The molecule has 0 aromatic heterocycles. The van der Waals surface area contributed by atoms with E-state index in [1.807, 2.05) is 0 Å². The second kappa shape index (κ2) is 6.39. The maximum atomic E-state index is 5.37. The van der Waals surface area contributed by atoms with Gasteiger partial charge in [0.15, 0.2) is 0 Å². The Morgan fingerprint density at radius 1 is 1.38 bits per heavy atom. The van der Waals surface area contributed by atoms with E-state index in [4.69, 9.17) is 4.74 Å². The molecule has 0 spiro atoms. The summed E-state index contributed by atoms with van der Waals surface area (Å²) in [5, 5.41) is 3.49. The van der Waals surface area contributed by atoms with Gasteiger partial charge in [0.2, 0.25) is 0 Å². The van der Waals surface area contributed by atoms with Crippen LogP contribution in [0.4, 0.5) is 0 Å². The molecule has 0 unspecified atom stereocenters. The average molecular weight is 187 g/mol. The normalized spacial score (nSPS) is 14.5. The topological polar surface area (TPSA) is 21.3 Å². The maximum absolute atomic E-state index is 5.37. The molecule has 0 rings (SSSR count). The first-order chi connectivity index (χ1) is 6.02. The zero-order valence-electron chi connectivity index (χ0n) is 9.81. The van der Waals surface area contributed by atoms with Gasteiger partial charge in [-0.3, -0.25) is 0 Å². The third-order valence-corrected chi connectivity index (χ3v) is 2.37. The van der Waals surface area contributed by atoms with Crippen molar-refractivity contribution in [3.63, 3.8) is 0 Å². The first-order valence-corrected chi connectivity index (χ1v) is 5.30. The van der Waals surface area contributed by atoms with Crippen LogP contribution in [0.15, 0.2) is 0 Å². The Labute approximate surface area is 83.1 Å². The van der Waals surface area contributed by atoms with Gasteiger partial charge in [-0.2, -0.15) is 0 Å². The fourth-order valence-electron chi connectivity index (χ4n) is 1.42. The monoisotopic (exact) mass is 187 g/mol. The van der Waals surface area contributed by atoms with Crippen molar-refractivity contribution < 1.29 is 4.74 Å². The highest BCUT2D eigenvalue weighted by Gasteiger charge is 2.19. The van der Waals surface area contributed by atoms with E-state index in [1.54, 1.807) is 7.11 Å². The van der Waals surface area contributed by atoms with Gasteiger partial charge in [-0.1, -0.05) is 13.3 Å². The minimum absolute atomic E-state index is 0.00136. The molecule has 2 heteroatoms. The second-order valence-electron chi connectivity index (χ2n) is 4.38. The number of methoxy groups -OCH3 is 1. The molecule has 1 atom stereocenters. The summed E-state index contributed by atoms with van der Waals surface area (Å²) in [5.74, 6) is 0. The molecule has 0 radical (unpaired) electrons. The largest absolute Gasteiger partial charge is 0.379 e. The molecule has 1 N–H and O–H groups in total. The predicted octanol–water partition coefficient (Wildman–Crippen LogP) is 2.58. The fraction of sp³-hybridized carbons (Fsp3) is 1.00. The summed E-state index contributed by atoms with van der Waals surface area (Å²) >= 11 is 0. The van der Waals surface area contributed by atoms with Gasteiger partial charge < -0.3 is 10.1 Å². The Morgan fingerprint density at radius 2 is 2.00 bits per heavy atom. The molecule has 0 amide bonds. The van der Waals surface area contributed by atoms with Crippen LogP contribution in [0.3, 0.4) is 0 Å². The average Bonchev–Trinajstić information content (AvgIpc) is 2.04. The zero-order valence-corrected chi connectivity index (χ0v) is 9.81. The minimum atomic E-state index is -0.00136. The van der Waals surface area contributed by atoms with Gasteiger partial charge in [-0.25, -0.2) is 0 Å². The molecule has 0 bridgehead atoms. The fourth-order valence-corrected chi connectivity index (χ4v) is 1.42. The molecular formula is C11H25NO. The quantitative estimate of drug-likeness (QED) is 0.619. The molecular weight excluding hydrogens is 162 g/mol. The summed E-state index contributed by atoms with van der Waals surface area (Å²) in [4.78, 5) is 0. The van der Waals surface area contributed by atoms with Crippen molar-refractivity contribution in [3.8, 4) is 0 Å². The Kier molecular flexibility index (Phi) is 6.35. The molecule has 0 aromatic rings. The number of hydrogen-bond acceptors (Lipinski definition) is 2. The summed E-state index contributed by atoms with van der Waals surface area (Å²) < 4.78 is 5.37. The number of rotatable bonds is 7. The Hall–Kier alpha value is -0.0800. The van der Waals surface area contributed by atoms with E-state index in [-0.39, 0.29) is 5.60 Å². The SMILES string of the molecule is CCCCN[C@@H](C)CC(C)(C)OC. The molecule has 0 aliphatic rings. The lowest BCUT2D eigenvalue weighted by molar-refractivity contribution is 0.00860. The van der Waals surface area contributed by atoms with Crippen LogP contribution in [0.1, 0.15) is 47.0 Å². The van der Waals surface area contributed by atoms with E-state index in [2.05, 4.69) is 33.0 Å². The molecule has 0 saturated heterocycles. The van der Waals surface area contributed by atoms with Gasteiger partial charge in [0.05, 0.1) is 5.60 Å². The van der Waals surface area contributed by atoms with E-state index >= 15 is 0 Å². The van der Waals surface area contributed by atoms with Crippen molar-refractivity contribution in [1.82, 2.24) is 5.32 Å². The lowest BCUT2D eigenvalue weighted by atomic mass is 10.00. The van der Waals surface area contributed by atoms with Gasteiger partial charge in [0.1, 0.15) is 0 Å². The predicted molar refractivity (Wildman–Crippen MR) is 58.1 cm³/mol.